The average molecular weight is 1260 g/mol. The standard InChI is InChI=1S/C51H31N5.C36H21NSe/c1-3-16-32(17-4-1)49-52-50(33-18-5-2-6-19-33)54-51(53-49)56-44-29-14-12-25-39(44)41-30-31-45-46(48(41)56)42-27-15-26-40-37-23-10-8-21-35(37)34-20-7-9-22-36(34)38-24-11-13-28-43(38)55(45)47(40)42;1-3-12-24-22(10-1)23-11-2-4-13-25(23)28-16-9-17-29-30-20-21-31-27-15-6-8-19-33(27)38-36(31)35(30)37(34(28)29)32-18-7-5-14-26(24)32/h1-31H;1-21H. The third-order valence-electron chi connectivity index (χ3n) is 19.5. The molecule has 21 aromatic rings. The number of hydrogen-bond donors (Lipinski definition) is 0. The first-order chi connectivity index (χ1) is 46.7. The van der Waals surface area contributed by atoms with Crippen LogP contribution in [0.3, 0.4) is 0 Å². The van der Waals surface area contributed by atoms with Crippen molar-refractivity contribution in [2.75, 3.05) is 0 Å². The molecule has 0 spiro atoms. The Balaban J connectivity index is 0.000000139. The van der Waals surface area contributed by atoms with Crippen molar-refractivity contribution in [3.63, 3.8) is 0 Å². The fourth-order valence-electron chi connectivity index (χ4n) is 15.6. The van der Waals surface area contributed by atoms with Gasteiger partial charge in [0.25, 0.3) is 0 Å². The first kappa shape index (κ1) is 52.7. The normalized spacial score (nSPS) is 12.0. The maximum atomic E-state index is 5.28. The molecule has 0 aliphatic rings. The summed E-state index contributed by atoms with van der Waals surface area (Å²) in [7, 11) is 0. The van der Waals surface area contributed by atoms with Crippen LogP contribution in [0.15, 0.2) is 315 Å². The number of para-hydroxylation sites is 5. The van der Waals surface area contributed by atoms with Crippen molar-refractivity contribution < 1.29 is 0 Å². The molecule has 0 aliphatic heterocycles. The van der Waals surface area contributed by atoms with E-state index < -0.39 is 0 Å². The van der Waals surface area contributed by atoms with Gasteiger partial charge in [0, 0.05) is 43.4 Å². The first-order valence-corrected chi connectivity index (χ1v) is 33.7. The molecule has 436 valence electrons. The molecule has 0 bridgehead atoms. The Kier molecular flexibility index (Phi) is 11.7. The number of rotatable bonds is 3. The molecule has 14 aromatic carbocycles. The summed E-state index contributed by atoms with van der Waals surface area (Å²) in [5.41, 5.74) is 11.3. The number of aromatic nitrogens is 6. The van der Waals surface area contributed by atoms with E-state index in [4.69, 9.17) is 15.0 Å². The molecule has 21 rings (SSSR count). The van der Waals surface area contributed by atoms with Crippen LogP contribution >= 0.6 is 0 Å². The van der Waals surface area contributed by atoms with Crippen LogP contribution in [0.4, 0.5) is 0 Å². The van der Waals surface area contributed by atoms with Gasteiger partial charge in [-0.05, 0) is 39.7 Å². The molecule has 7 heteroatoms. The molecule has 0 fully saturated rings. The van der Waals surface area contributed by atoms with E-state index in [9.17, 15) is 0 Å². The SMILES string of the molecule is c1ccc(-c2nc(-c3ccccc3)nc(-n3c4ccccc4c4ccc5c(c6cccc7c8ccccc8c8ccccc8c8ccccc8n5c76)c43)n2)cc1.c1ccc2c(c1)[se]c1c2ccc2c3cccc4c5ccccc5c5ccccc5c5ccccc5n(c43)c21. The van der Waals surface area contributed by atoms with Crippen LogP contribution in [0.2, 0.25) is 0 Å². The molecule has 7 aromatic heterocycles. The predicted molar refractivity (Wildman–Crippen MR) is 398 cm³/mol. The van der Waals surface area contributed by atoms with E-state index in [1.54, 1.807) is 0 Å². The van der Waals surface area contributed by atoms with Gasteiger partial charge in [-0.25, -0.2) is 4.98 Å². The molecule has 0 amide bonds. The summed E-state index contributed by atoms with van der Waals surface area (Å²) < 4.78 is 10.3. The van der Waals surface area contributed by atoms with E-state index in [1.807, 2.05) is 36.4 Å². The van der Waals surface area contributed by atoms with Crippen molar-refractivity contribution in [2.45, 2.75) is 0 Å². The molecule has 0 aliphatic carbocycles. The zero-order chi connectivity index (χ0) is 61.5. The fraction of sp³-hybridized carbons (Fsp3) is 0. The minimum atomic E-state index is 0.253. The molecule has 94 heavy (non-hydrogen) atoms. The number of nitrogens with zero attached hydrogens (tertiary/aromatic N) is 6. The first-order valence-electron chi connectivity index (χ1n) is 32.0. The van der Waals surface area contributed by atoms with Crippen molar-refractivity contribution in [1.29, 1.82) is 0 Å². The monoisotopic (exact) mass is 1260 g/mol. The summed E-state index contributed by atoms with van der Waals surface area (Å²) in [4.78, 5) is 15.6. The Morgan fingerprint density at radius 3 is 1.11 bits per heavy atom. The molecule has 0 N–H and O–H groups in total. The van der Waals surface area contributed by atoms with E-state index in [2.05, 4.69) is 292 Å². The Morgan fingerprint density at radius 2 is 0.564 bits per heavy atom. The van der Waals surface area contributed by atoms with Crippen LogP contribution in [-0.2, 0) is 0 Å². The summed E-state index contributed by atoms with van der Waals surface area (Å²) in [6, 6.07) is 114. The van der Waals surface area contributed by atoms with E-state index in [1.165, 1.54) is 122 Å². The molecular formula is C87H52N6Se. The van der Waals surface area contributed by atoms with E-state index >= 15 is 0 Å². The fourth-order valence-corrected chi connectivity index (χ4v) is 18.2. The van der Waals surface area contributed by atoms with Crippen molar-refractivity contribution >= 4 is 175 Å². The Morgan fingerprint density at radius 1 is 0.213 bits per heavy atom. The molecule has 0 atom stereocenters. The van der Waals surface area contributed by atoms with Gasteiger partial charge >= 0.3 is 225 Å². The van der Waals surface area contributed by atoms with Gasteiger partial charge in [-0.2, -0.15) is 9.97 Å². The second-order valence-corrected chi connectivity index (χ2v) is 26.7. The van der Waals surface area contributed by atoms with Crippen LogP contribution in [0.25, 0.3) is 189 Å². The third kappa shape index (κ3) is 7.74. The summed E-state index contributed by atoms with van der Waals surface area (Å²) >= 11 is 0.253. The summed E-state index contributed by atoms with van der Waals surface area (Å²) in [5, 5.41) is 25.0. The van der Waals surface area contributed by atoms with Crippen molar-refractivity contribution in [3.8, 4) is 28.7 Å². The minimum absolute atomic E-state index is 0.253. The van der Waals surface area contributed by atoms with Gasteiger partial charge in [0.2, 0.25) is 5.95 Å². The van der Waals surface area contributed by atoms with Crippen molar-refractivity contribution in [1.82, 2.24) is 28.3 Å². The molecule has 6 nitrogen and oxygen atoms in total. The van der Waals surface area contributed by atoms with Crippen LogP contribution in [0, 0.1) is 0 Å². The maximum absolute atomic E-state index is 5.28. The van der Waals surface area contributed by atoms with E-state index in [0.717, 1.165) is 49.4 Å². The van der Waals surface area contributed by atoms with Crippen molar-refractivity contribution in [2.24, 2.45) is 0 Å². The molecule has 0 saturated carbocycles. The molecular weight excluding hydrogens is 1210 g/mol. The average Bonchev–Trinajstić information content (AvgIpc) is 1.54. The van der Waals surface area contributed by atoms with Crippen LogP contribution in [0.5, 0.6) is 0 Å². The van der Waals surface area contributed by atoms with E-state index in [-0.39, 0.29) is 14.5 Å². The van der Waals surface area contributed by atoms with Gasteiger partial charge in [0.15, 0.2) is 11.6 Å². The van der Waals surface area contributed by atoms with Crippen molar-refractivity contribution in [3.05, 3.63) is 315 Å². The quantitative estimate of drug-likeness (QED) is 0.166. The van der Waals surface area contributed by atoms with Gasteiger partial charge in [0.1, 0.15) is 0 Å². The topological polar surface area (TPSA) is 52.4 Å². The van der Waals surface area contributed by atoms with Gasteiger partial charge in [0.05, 0.1) is 27.6 Å². The van der Waals surface area contributed by atoms with Gasteiger partial charge < -0.3 is 4.40 Å². The van der Waals surface area contributed by atoms with Gasteiger partial charge in [-0.3, -0.25) is 4.57 Å². The number of hydrogen-bond acceptors (Lipinski definition) is 3. The Bertz CT molecular complexity index is 6800. The molecule has 0 saturated heterocycles. The zero-order valence-corrected chi connectivity index (χ0v) is 52.3. The van der Waals surface area contributed by atoms with E-state index in [0.29, 0.717) is 17.6 Å². The number of fused-ring (bicyclic) bond motifs is 28. The molecule has 0 unspecified atom stereocenters. The zero-order valence-electron chi connectivity index (χ0n) is 50.6. The van der Waals surface area contributed by atoms with Crippen LogP contribution < -0.4 is 0 Å². The van der Waals surface area contributed by atoms with Crippen LogP contribution in [-0.4, -0.2) is 42.8 Å². The summed E-state index contributed by atoms with van der Waals surface area (Å²) in [6.45, 7) is 0. The third-order valence-corrected chi connectivity index (χ3v) is 22.0. The second kappa shape index (κ2) is 20.8. The van der Waals surface area contributed by atoms with Gasteiger partial charge in [-0.1, -0.05) is 170 Å². The Labute approximate surface area is 543 Å². The second-order valence-electron chi connectivity index (χ2n) is 24.5. The Hall–Kier alpha value is -12.0. The molecule has 7 heterocycles. The van der Waals surface area contributed by atoms with Crippen LogP contribution in [0.1, 0.15) is 0 Å². The molecule has 0 radical (unpaired) electrons. The number of benzene rings is 14. The summed E-state index contributed by atoms with van der Waals surface area (Å²) in [5.74, 6) is 1.83. The van der Waals surface area contributed by atoms with Gasteiger partial charge in [-0.15, -0.1) is 0 Å². The predicted octanol–water partition coefficient (Wildman–Crippen LogP) is 22.5. The summed E-state index contributed by atoms with van der Waals surface area (Å²) in [6.07, 6.45) is 0.